The first kappa shape index (κ1) is 15.8. The second kappa shape index (κ2) is 6.91. The highest BCUT2D eigenvalue weighted by Crippen LogP contribution is 2.20. The normalized spacial score (nSPS) is 16.4. The Morgan fingerprint density at radius 3 is 2.71 bits per heavy atom. The Labute approximate surface area is 131 Å². The van der Waals surface area contributed by atoms with Crippen molar-refractivity contribution in [2.24, 2.45) is 0 Å². The first-order valence-electron chi connectivity index (χ1n) is 6.61. The van der Waals surface area contributed by atoms with Crippen LogP contribution in [0.15, 0.2) is 22.7 Å². The second-order valence-electron chi connectivity index (χ2n) is 4.72. The fourth-order valence-electron chi connectivity index (χ4n) is 2.02. The van der Waals surface area contributed by atoms with Gasteiger partial charge in [-0.1, -0.05) is 15.9 Å². The predicted octanol–water partition coefficient (Wildman–Crippen LogP) is 1.44. The van der Waals surface area contributed by atoms with Crippen molar-refractivity contribution in [3.05, 3.63) is 28.2 Å². The summed E-state index contributed by atoms with van der Waals surface area (Å²) >= 11 is 3.27. The number of nitrogen functional groups attached to an aromatic ring is 1. The summed E-state index contributed by atoms with van der Waals surface area (Å²) in [6.45, 7) is 3.60. The van der Waals surface area contributed by atoms with Gasteiger partial charge in [0.25, 0.3) is 5.91 Å². The van der Waals surface area contributed by atoms with Crippen molar-refractivity contribution in [1.82, 2.24) is 4.90 Å². The molecule has 0 spiro atoms. The van der Waals surface area contributed by atoms with Gasteiger partial charge in [-0.05, 0) is 25.1 Å². The lowest BCUT2D eigenvalue weighted by atomic mass is 10.2. The minimum atomic E-state index is -0.853. The molecule has 2 N–H and O–H groups in total. The third-order valence-corrected chi connectivity index (χ3v) is 3.68. The van der Waals surface area contributed by atoms with Gasteiger partial charge in [0.1, 0.15) is 0 Å². The van der Waals surface area contributed by atoms with Gasteiger partial charge in [-0.3, -0.25) is 4.79 Å². The van der Waals surface area contributed by atoms with Crippen molar-refractivity contribution in [2.75, 3.05) is 32.0 Å². The maximum atomic E-state index is 12.2. The molecule has 1 aromatic carbocycles. The summed E-state index contributed by atoms with van der Waals surface area (Å²) in [5.74, 6) is -0.830. The van der Waals surface area contributed by atoms with E-state index in [1.165, 1.54) is 0 Å². The number of hydrogen-bond acceptors (Lipinski definition) is 5. The molecule has 0 aliphatic carbocycles. The summed E-state index contributed by atoms with van der Waals surface area (Å²) in [5.41, 5.74) is 6.31. The molecule has 1 amide bonds. The molecule has 7 heteroatoms. The molecule has 1 aromatic rings. The number of morpholine rings is 1. The van der Waals surface area contributed by atoms with E-state index in [2.05, 4.69) is 15.9 Å². The van der Waals surface area contributed by atoms with Gasteiger partial charge >= 0.3 is 5.97 Å². The average molecular weight is 357 g/mol. The van der Waals surface area contributed by atoms with Crippen molar-refractivity contribution in [1.29, 1.82) is 0 Å². The third kappa shape index (κ3) is 3.95. The van der Waals surface area contributed by atoms with Gasteiger partial charge in [0.05, 0.1) is 18.8 Å². The Bertz CT molecular complexity index is 544. The van der Waals surface area contributed by atoms with Crippen LogP contribution in [0.25, 0.3) is 0 Å². The highest BCUT2D eigenvalue weighted by molar-refractivity contribution is 9.10. The number of rotatable bonds is 3. The number of carbonyl (C=O) groups excluding carboxylic acids is 2. The van der Waals surface area contributed by atoms with Gasteiger partial charge in [0.2, 0.25) is 0 Å². The van der Waals surface area contributed by atoms with E-state index in [-0.39, 0.29) is 11.5 Å². The molecule has 0 radical (unpaired) electrons. The van der Waals surface area contributed by atoms with Crippen LogP contribution in [-0.2, 0) is 14.3 Å². The molecule has 1 heterocycles. The Morgan fingerprint density at radius 2 is 2.05 bits per heavy atom. The first-order valence-corrected chi connectivity index (χ1v) is 7.41. The number of nitrogens with two attached hydrogens (primary N) is 1. The molecule has 0 aromatic heterocycles. The maximum absolute atomic E-state index is 12.2. The SMILES string of the molecule is C[C@H](OC(=O)c1cc(Br)ccc1N)C(=O)N1CCOCC1. The summed E-state index contributed by atoms with van der Waals surface area (Å²) in [6.07, 6.45) is -0.853. The summed E-state index contributed by atoms with van der Waals surface area (Å²) in [4.78, 5) is 25.9. The van der Waals surface area contributed by atoms with Crippen molar-refractivity contribution in [2.45, 2.75) is 13.0 Å². The van der Waals surface area contributed by atoms with E-state index in [1.807, 2.05) is 0 Å². The minimum Gasteiger partial charge on any atom is -0.449 e. The Balaban J connectivity index is 2.01. The Hall–Kier alpha value is -1.60. The molecule has 2 rings (SSSR count). The van der Waals surface area contributed by atoms with Crippen LogP contribution in [0.3, 0.4) is 0 Å². The molecule has 0 saturated carbocycles. The Kier molecular flexibility index (Phi) is 5.19. The average Bonchev–Trinajstić information content (AvgIpc) is 2.49. The number of benzene rings is 1. The first-order chi connectivity index (χ1) is 9.99. The van der Waals surface area contributed by atoms with E-state index in [4.69, 9.17) is 15.2 Å². The second-order valence-corrected chi connectivity index (χ2v) is 5.63. The van der Waals surface area contributed by atoms with E-state index >= 15 is 0 Å². The molecule has 1 atom stereocenters. The molecule has 114 valence electrons. The molecular formula is C14H17BrN2O4. The van der Waals surface area contributed by atoms with E-state index in [1.54, 1.807) is 30.0 Å². The number of nitrogens with zero attached hydrogens (tertiary/aromatic N) is 1. The molecule has 1 fully saturated rings. The van der Waals surface area contributed by atoms with Crippen LogP contribution in [0.1, 0.15) is 17.3 Å². The topological polar surface area (TPSA) is 81.9 Å². The van der Waals surface area contributed by atoms with Crippen molar-refractivity contribution >= 4 is 33.5 Å². The fraction of sp³-hybridized carbons (Fsp3) is 0.429. The highest BCUT2D eigenvalue weighted by Gasteiger charge is 2.26. The predicted molar refractivity (Wildman–Crippen MR) is 80.8 cm³/mol. The monoisotopic (exact) mass is 356 g/mol. The standard InChI is InChI=1S/C14H17BrN2O4/c1-9(13(18)17-4-6-20-7-5-17)21-14(19)11-8-10(15)2-3-12(11)16/h2-3,8-9H,4-7,16H2,1H3/t9-/m0/s1. The molecule has 1 aliphatic heterocycles. The van der Waals surface area contributed by atoms with Gasteiger partial charge < -0.3 is 20.1 Å². The van der Waals surface area contributed by atoms with Crippen LogP contribution >= 0.6 is 15.9 Å². The smallest absolute Gasteiger partial charge is 0.341 e. The lowest BCUT2D eigenvalue weighted by Crippen LogP contribution is -2.46. The van der Waals surface area contributed by atoms with E-state index in [9.17, 15) is 9.59 Å². The Morgan fingerprint density at radius 1 is 1.38 bits per heavy atom. The van der Waals surface area contributed by atoms with Crippen LogP contribution in [0.4, 0.5) is 5.69 Å². The van der Waals surface area contributed by atoms with Crippen molar-refractivity contribution < 1.29 is 19.1 Å². The lowest BCUT2D eigenvalue weighted by molar-refractivity contribution is -0.143. The quantitative estimate of drug-likeness (QED) is 0.654. The van der Waals surface area contributed by atoms with E-state index in [0.717, 1.165) is 4.47 Å². The summed E-state index contributed by atoms with van der Waals surface area (Å²) in [7, 11) is 0. The molecule has 0 bridgehead atoms. The van der Waals surface area contributed by atoms with Gasteiger partial charge in [0.15, 0.2) is 6.10 Å². The summed E-state index contributed by atoms with van der Waals surface area (Å²) < 4.78 is 11.1. The van der Waals surface area contributed by atoms with E-state index in [0.29, 0.717) is 32.0 Å². The maximum Gasteiger partial charge on any atom is 0.341 e. The summed E-state index contributed by atoms with van der Waals surface area (Å²) in [6, 6.07) is 4.91. The van der Waals surface area contributed by atoms with Crippen molar-refractivity contribution in [3.8, 4) is 0 Å². The molecule has 21 heavy (non-hydrogen) atoms. The van der Waals surface area contributed by atoms with Crippen LogP contribution < -0.4 is 5.73 Å². The number of ether oxygens (including phenoxy) is 2. The molecule has 1 saturated heterocycles. The van der Waals surface area contributed by atoms with Gasteiger partial charge in [-0.2, -0.15) is 0 Å². The van der Waals surface area contributed by atoms with Crippen LogP contribution in [0, 0.1) is 0 Å². The number of esters is 1. The van der Waals surface area contributed by atoms with Gasteiger partial charge in [0, 0.05) is 23.2 Å². The van der Waals surface area contributed by atoms with Gasteiger partial charge in [-0.25, -0.2) is 4.79 Å². The fourth-order valence-corrected chi connectivity index (χ4v) is 2.38. The van der Waals surface area contributed by atoms with Crippen LogP contribution in [-0.4, -0.2) is 49.2 Å². The number of carbonyl (C=O) groups is 2. The highest BCUT2D eigenvalue weighted by atomic mass is 79.9. The van der Waals surface area contributed by atoms with Crippen LogP contribution in [0.2, 0.25) is 0 Å². The number of anilines is 1. The largest absolute Gasteiger partial charge is 0.449 e. The zero-order valence-corrected chi connectivity index (χ0v) is 13.3. The van der Waals surface area contributed by atoms with Crippen LogP contribution in [0.5, 0.6) is 0 Å². The zero-order valence-electron chi connectivity index (χ0n) is 11.7. The molecule has 1 aliphatic rings. The number of hydrogen-bond donors (Lipinski definition) is 1. The van der Waals surface area contributed by atoms with E-state index < -0.39 is 12.1 Å². The zero-order chi connectivity index (χ0) is 15.4. The lowest BCUT2D eigenvalue weighted by Gasteiger charge is -2.29. The summed E-state index contributed by atoms with van der Waals surface area (Å²) in [5, 5.41) is 0. The minimum absolute atomic E-state index is 0.222. The molecule has 0 unspecified atom stereocenters. The van der Waals surface area contributed by atoms with Gasteiger partial charge in [-0.15, -0.1) is 0 Å². The number of halogens is 1. The molecule has 6 nitrogen and oxygen atoms in total. The molecular weight excluding hydrogens is 340 g/mol. The third-order valence-electron chi connectivity index (χ3n) is 3.19. The van der Waals surface area contributed by atoms with Crippen molar-refractivity contribution in [3.63, 3.8) is 0 Å². The number of amides is 1.